The summed E-state index contributed by atoms with van der Waals surface area (Å²) in [6.07, 6.45) is 0. The number of carbonyl (C=O) groups excluding carboxylic acids is 3. The van der Waals surface area contributed by atoms with Crippen LogP contribution in [-0.2, 0) is 19.1 Å². The molecule has 1 atom stereocenters. The number of aryl methyl sites for hydroxylation is 1. The van der Waals surface area contributed by atoms with E-state index in [4.69, 9.17) is 28.8 Å². The van der Waals surface area contributed by atoms with E-state index < -0.39 is 29.7 Å². The van der Waals surface area contributed by atoms with Gasteiger partial charge in [0.05, 0.1) is 31.0 Å². The maximum atomic E-state index is 13.5. The summed E-state index contributed by atoms with van der Waals surface area (Å²) in [4.78, 5) is 53.9. The van der Waals surface area contributed by atoms with Crippen LogP contribution >= 0.6 is 11.3 Å². The van der Waals surface area contributed by atoms with E-state index in [2.05, 4.69) is 4.98 Å². The Morgan fingerprint density at radius 2 is 1.79 bits per heavy atom. The van der Waals surface area contributed by atoms with Crippen LogP contribution in [0.3, 0.4) is 0 Å². The fourth-order valence-electron chi connectivity index (χ4n) is 4.40. The number of esters is 1. The van der Waals surface area contributed by atoms with Crippen molar-refractivity contribution in [3.8, 4) is 17.2 Å². The normalized spacial score (nSPS) is 16.9. The minimum Gasteiger partial charge on any atom is -0.507 e. The number of rotatable bonds is 6. The van der Waals surface area contributed by atoms with E-state index in [1.165, 1.54) is 12.0 Å². The first kappa shape index (κ1) is 30.1. The minimum absolute atomic E-state index is 0.123. The predicted molar refractivity (Wildman–Crippen MR) is 151 cm³/mol. The van der Waals surface area contributed by atoms with E-state index in [0.29, 0.717) is 48.3 Å². The third kappa shape index (κ3) is 6.05. The SMILES string of the molecule is CC(=O)O.CCOc1cccc(C2/C(=C(\O)c3ccc4c(c3)OCCO4)C(=O)C(=O)N2c2nc(C)c(C(=O)OC)s2)c1. The number of hydrogen-bond acceptors (Lipinski definition) is 11. The van der Waals surface area contributed by atoms with E-state index in [9.17, 15) is 19.5 Å². The monoisotopic (exact) mass is 596 g/mol. The zero-order valence-electron chi connectivity index (χ0n) is 23.2. The molecule has 220 valence electrons. The minimum atomic E-state index is -1.04. The molecule has 0 radical (unpaired) electrons. The molecule has 13 heteroatoms. The standard InChI is InChI=1S/C27H24N2O8S.C2H4O2/c1-4-35-17-7-5-6-15(12-17)21-20(22(30)16-8-9-18-19(13-16)37-11-10-36-18)23(31)25(32)29(21)27-28-14(2)24(38-27)26(33)34-3;1-2(3)4/h5-9,12-13,21,30H,4,10-11H2,1-3H3;1H3,(H,3,4)/b22-20+;. The van der Waals surface area contributed by atoms with Gasteiger partial charge in [0.1, 0.15) is 29.6 Å². The number of carbonyl (C=O) groups is 4. The highest BCUT2D eigenvalue weighted by Crippen LogP contribution is 2.45. The molecular weight excluding hydrogens is 568 g/mol. The zero-order chi connectivity index (χ0) is 30.6. The Morgan fingerprint density at radius 3 is 2.45 bits per heavy atom. The van der Waals surface area contributed by atoms with Gasteiger partial charge in [-0.1, -0.05) is 23.5 Å². The van der Waals surface area contributed by atoms with Gasteiger partial charge < -0.3 is 29.2 Å². The highest BCUT2D eigenvalue weighted by molar-refractivity contribution is 7.17. The van der Waals surface area contributed by atoms with Gasteiger partial charge in [-0.25, -0.2) is 9.78 Å². The van der Waals surface area contributed by atoms with Crippen molar-refractivity contribution in [1.29, 1.82) is 0 Å². The van der Waals surface area contributed by atoms with Gasteiger partial charge >= 0.3 is 11.9 Å². The molecule has 42 heavy (non-hydrogen) atoms. The molecule has 0 aliphatic carbocycles. The summed E-state index contributed by atoms with van der Waals surface area (Å²) < 4.78 is 21.7. The molecule has 0 saturated carbocycles. The molecule has 1 amide bonds. The molecule has 3 heterocycles. The lowest BCUT2D eigenvalue weighted by molar-refractivity contribution is -0.134. The number of aliphatic carboxylic acids is 1. The van der Waals surface area contributed by atoms with Crippen LogP contribution in [0.1, 0.15) is 46.4 Å². The zero-order valence-corrected chi connectivity index (χ0v) is 24.0. The number of nitrogens with zero attached hydrogens (tertiary/aromatic N) is 2. The molecule has 2 aromatic carbocycles. The third-order valence-corrected chi connectivity index (χ3v) is 7.24. The quantitative estimate of drug-likeness (QED) is 0.182. The number of carboxylic acids is 1. The molecule has 1 saturated heterocycles. The maximum Gasteiger partial charge on any atom is 0.350 e. The molecule has 0 spiro atoms. The Balaban J connectivity index is 0.000000952. The Labute approximate surface area is 244 Å². The van der Waals surface area contributed by atoms with Crippen molar-refractivity contribution in [2.24, 2.45) is 0 Å². The lowest BCUT2D eigenvalue weighted by Crippen LogP contribution is -2.29. The van der Waals surface area contributed by atoms with Crippen molar-refractivity contribution in [2.45, 2.75) is 26.8 Å². The second kappa shape index (κ2) is 12.7. The van der Waals surface area contributed by atoms with Gasteiger partial charge in [0.25, 0.3) is 11.8 Å². The summed E-state index contributed by atoms with van der Waals surface area (Å²) in [7, 11) is 1.25. The van der Waals surface area contributed by atoms with Crippen LogP contribution in [0, 0.1) is 6.92 Å². The summed E-state index contributed by atoms with van der Waals surface area (Å²) in [6.45, 7) is 5.70. The number of thiazole rings is 1. The Kier molecular flexibility index (Phi) is 9.11. The number of aromatic nitrogens is 1. The molecule has 0 bridgehead atoms. The first-order valence-corrected chi connectivity index (χ1v) is 13.6. The maximum absolute atomic E-state index is 13.5. The number of aliphatic hydroxyl groups excluding tert-OH is 1. The van der Waals surface area contributed by atoms with Gasteiger partial charge in [0, 0.05) is 12.5 Å². The van der Waals surface area contributed by atoms with E-state index >= 15 is 0 Å². The fourth-order valence-corrected chi connectivity index (χ4v) is 5.41. The third-order valence-electron chi connectivity index (χ3n) is 6.11. The van der Waals surface area contributed by atoms with E-state index in [1.807, 2.05) is 6.92 Å². The van der Waals surface area contributed by atoms with Crippen LogP contribution in [-0.4, -0.2) is 65.8 Å². The fraction of sp³-hybridized carbons (Fsp3) is 0.276. The number of fused-ring (bicyclic) bond motifs is 1. The van der Waals surface area contributed by atoms with E-state index in [1.54, 1.807) is 49.4 Å². The molecular formula is C29H28N2O10S. The Morgan fingerprint density at radius 1 is 1.10 bits per heavy atom. The number of aliphatic hydroxyl groups is 1. The summed E-state index contributed by atoms with van der Waals surface area (Å²) in [6, 6.07) is 10.7. The highest BCUT2D eigenvalue weighted by Gasteiger charge is 2.48. The molecule has 12 nitrogen and oxygen atoms in total. The summed E-state index contributed by atoms with van der Waals surface area (Å²) >= 11 is 0.931. The van der Waals surface area contributed by atoms with Crippen LogP contribution in [0.4, 0.5) is 5.13 Å². The van der Waals surface area contributed by atoms with Crippen LogP contribution in [0.15, 0.2) is 48.0 Å². The van der Waals surface area contributed by atoms with Gasteiger partial charge in [-0.2, -0.15) is 0 Å². The van der Waals surface area contributed by atoms with E-state index in [0.717, 1.165) is 18.3 Å². The van der Waals surface area contributed by atoms with Crippen molar-refractivity contribution in [3.05, 3.63) is 69.7 Å². The van der Waals surface area contributed by atoms with Crippen LogP contribution < -0.4 is 19.1 Å². The smallest absolute Gasteiger partial charge is 0.350 e. The van der Waals surface area contributed by atoms with Gasteiger partial charge in [-0.15, -0.1) is 0 Å². The first-order valence-electron chi connectivity index (χ1n) is 12.8. The number of hydrogen-bond donors (Lipinski definition) is 2. The average Bonchev–Trinajstić information content (AvgIpc) is 3.48. The van der Waals surface area contributed by atoms with Crippen molar-refractivity contribution < 1.29 is 48.3 Å². The van der Waals surface area contributed by atoms with Crippen LogP contribution in [0.2, 0.25) is 0 Å². The van der Waals surface area contributed by atoms with Crippen molar-refractivity contribution in [1.82, 2.24) is 4.98 Å². The lowest BCUT2D eigenvalue weighted by atomic mass is 9.95. The van der Waals surface area contributed by atoms with Crippen molar-refractivity contribution in [2.75, 3.05) is 31.8 Å². The number of ketones is 1. The van der Waals surface area contributed by atoms with E-state index in [-0.39, 0.29) is 26.9 Å². The average molecular weight is 597 g/mol. The molecule has 3 aromatic rings. The number of ether oxygens (including phenoxy) is 4. The largest absolute Gasteiger partial charge is 0.507 e. The molecule has 1 fully saturated rings. The summed E-state index contributed by atoms with van der Waals surface area (Å²) in [5.74, 6) is -2.13. The second-order valence-electron chi connectivity index (χ2n) is 8.95. The number of amides is 1. The van der Waals surface area contributed by atoms with Crippen molar-refractivity contribution >= 4 is 45.9 Å². The molecule has 1 aromatic heterocycles. The van der Waals surface area contributed by atoms with Crippen LogP contribution in [0.25, 0.3) is 5.76 Å². The molecule has 2 N–H and O–H groups in total. The Bertz CT molecular complexity index is 1570. The highest BCUT2D eigenvalue weighted by atomic mass is 32.1. The van der Waals surface area contributed by atoms with Crippen molar-refractivity contribution in [3.63, 3.8) is 0 Å². The summed E-state index contributed by atoms with van der Waals surface area (Å²) in [5, 5.41) is 19.0. The topological polar surface area (TPSA) is 162 Å². The summed E-state index contributed by atoms with van der Waals surface area (Å²) in [5.41, 5.74) is 1.02. The van der Waals surface area contributed by atoms with Gasteiger partial charge in [-0.3, -0.25) is 19.3 Å². The molecule has 2 aliphatic rings. The number of benzene rings is 2. The lowest BCUT2D eigenvalue weighted by Gasteiger charge is -2.23. The van der Waals surface area contributed by atoms with Gasteiger partial charge in [0.2, 0.25) is 0 Å². The van der Waals surface area contributed by atoms with Gasteiger partial charge in [0.15, 0.2) is 16.6 Å². The first-order chi connectivity index (χ1) is 20.1. The second-order valence-corrected chi connectivity index (χ2v) is 9.93. The molecule has 5 rings (SSSR count). The number of Topliss-reactive ketones (excluding diaryl/α,β-unsaturated/α-hetero) is 1. The number of carboxylic acid groups (broad SMARTS) is 1. The van der Waals surface area contributed by atoms with Gasteiger partial charge in [-0.05, 0) is 49.7 Å². The number of methoxy groups -OCH3 is 1. The molecule has 2 aliphatic heterocycles. The van der Waals surface area contributed by atoms with Crippen LogP contribution in [0.5, 0.6) is 17.2 Å². The predicted octanol–water partition coefficient (Wildman–Crippen LogP) is 4.13. The molecule has 1 unspecified atom stereocenters. The number of anilines is 1. The Hall–Kier alpha value is -4.91.